The fourth-order valence-electron chi connectivity index (χ4n) is 3.83. The first-order valence-corrected chi connectivity index (χ1v) is 8.34. The monoisotopic (exact) mass is 280 g/mol. The lowest BCUT2D eigenvalue weighted by Crippen LogP contribution is -2.51. The van der Waals surface area contributed by atoms with Gasteiger partial charge in [0.25, 0.3) is 0 Å². The molecule has 0 spiro atoms. The highest BCUT2D eigenvalue weighted by Crippen LogP contribution is 2.40. The van der Waals surface area contributed by atoms with E-state index >= 15 is 0 Å². The first kappa shape index (κ1) is 14.3. The number of amides is 1. The van der Waals surface area contributed by atoms with Crippen LogP contribution in [0.15, 0.2) is 0 Å². The Kier molecular flexibility index (Phi) is 4.32. The van der Waals surface area contributed by atoms with E-state index in [-0.39, 0.29) is 5.41 Å². The molecule has 3 rings (SSSR count). The second-order valence-electron chi connectivity index (χ2n) is 6.96. The average Bonchev–Trinajstić information content (AvgIpc) is 3.21. The molecule has 2 aliphatic carbocycles. The van der Waals surface area contributed by atoms with Crippen molar-refractivity contribution in [1.82, 2.24) is 4.90 Å². The van der Waals surface area contributed by atoms with Crippen LogP contribution < -0.4 is 5.73 Å². The number of ether oxygens (including phenoxy) is 1. The lowest BCUT2D eigenvalue weighted by Gasteiger charge is -2.40. The molecule has 3 aliphatic rings. The molecule has 2 saturated carbocycles. The van der Waals surface area contributed by atoms with Gasteiger partial charge in [0.05, 0.1) is 12.0 Å². The fourth-order valence-corrected chi connectivity index (χ4v) is 3.83. The number of nitrogens with two attached hydrogens (primary N) is 1. The molecule has 1 heterocycles. The first-order valence-electron chi connectivity index (χ1n) is 8.34. The van der Waals surface area contributed by atoms with E-state index in [1.165, 1.54) is 19.3 Å². The van der Waals surface area contributed by atoms with Crippen molar-refractivity contribution in [2.45, 2.75) is 57.4 Å². The van der Waals surface area contributed by atoms with Gasteiger partial charge in [-0.1, -0.05) is 19.3 Å². The third-order valence-electron chi connectivity index (χ3n) is 5.38. The summed E-state index contributed by atoms with van der Waals surface area (Å²) in [6, 6.07) is 0.494. The Morgan fingerprint density at radius 2 is 1.95 bits per heavy atom. The second kappa shape index (κ2) is 6.02. The largest absolute Gasteiger partial charge is 0.381 e. The molecule has 2 N–H and O–H groups in total. The van der Waals surface area contributed by atoms with E-state index in [2.05, 4.69) is 4.90 Å². The van der Waals surface area contributed by atoms with E-state index in [9.17, 15) is 4.79 Å². The van der Waals surface area contributed by atoms with Gasteiger partial charge in [0.15, 0.2) is 0 Å². The summed E-state index contributed by atoms with van der Waals surface area (Å²) in [7, 11) is 0. The van der Waals surface area contributed by atoms with Crippen molar-refractivity contribution in [1.29, 1.82) is 0 Å². The van der Waals surface area contributed by atoms with Crippen LogP contribution in [0.25, 0.3) is 0 Å². The number of carbonyl (C=O) groups is 1. The van der Waals surface area contributed by atoms with Crippen LogP contribution in [0.2, 0.25) is 0 Å². The Morgan fingerprint density at radius 3 is 2.50 bits per heavy atom. The third-order valence-corrected chi connectivity index (χ3v) is 5.38. The smallest absolute Gasteiger partial charge is 0.230 e. The summed E-state index contributed by atoms with van der Waals surface area (Å²) < 4.78 is 5.47. The fraction of sp³-hybridized carbons (Fsp3) is 0.938. The summed E-state index contributed by atoms with van der Waals surface area (Å²) in [5.41, 5.74) is 5.78. The zero-order chi connectivity index (χ0) is 14.0. The van der Waals surface area contributed by atoms with Crippen LogP contribution in [-0.4, -0.2) is 43.2 Å². The van der Waals surface area contributed by atoms with Crippen LogP contribution in [0.5, 0.6) is 0 Å². The Balaban J connectivity index is 1.70. The van der Waals surface area contributed by atoms with Crippen LogP contribution >= 0.6 is 0 Å². The van der Waals surface area contributed by atoms with Crippen molar-refractivity contribution in [3.8, 4) is 0 Å². The first-order chi connectivity index (χ1) is 9.75. The maximum absolute atomic E-state index is 13.1. The van der Waals surface area contributed by atoms with Crippen molar-refractivity contribution in [3.05, 3.63) is 0 Å². The Morgan fingerprint density at radius 1 is 1.20 bits per heavy atom. The molecular formula is C16H28N2O2. The summed E-state index contributed by atoms with van der Waals surface area (Å²) in [5.74, 6) is 0.895. The molecule has 20 heavy (non-hydrogen) atoms. The molecule has 1 saturated heterocycles. The number of nitrogens with zero attached hydrogens (tertiary/aromatic N) is 1. The van der Waals surface area contributed by atoms with Crippen LogP contribution in [0.3, 0.4) is 0 Å². The molecular weight excluding hydrogens is 252 g/mol. The number of carbonyl (C=O) groups excluding carboxylic acids is 1. The molecule has 114 valence electrons. The van der Waals surface area contributed by atoms with Gasteiger partial charge < -0.3 is 15.4 Å². The highest BCUT2D eigenvalue weighted by atomic mass is 16.5. The van der Waals surface area contributed by atoms with E-state index < -0.39 is 0 Å². The van der Waals surface area contributed by atoms with E-state index in [4.69, 9.17) is 10.5 Å². The van der Waals surface area contributed by atoms with Crippen molar-refractivity contribution in [2.24, 2.45) is 17.1 Å². The molecule has 0 aromatic rings. The van der Waals surface area contributed by atoms with Gasteiger partial charge in [0.1, 0.15) is 0 Å². The Bertz CT molecular complexity index is 342. The van der Waals surface area contributed by atoms with E-state index in [0.717, 1.165) is 51.9 Å². The maximum atomic E-state index is 13.1. The number of hydrogen-bond acceptors (Lipinski definition) is 3. The lowest BCUT2D eigenvalue weighted by atomic mass is 9.73. The minimum absolute atomic E-state index is 0.250. The van der Waals surface area contributed by atoms with Gasteiger partial charge in [-0.25, -0.2) is 0 Å². The summed E-state index contributed by atoms with van der Waals surface area (Å²) in [5, 5.41) is 0. The van der Waals surface area contributed by atoms with Gasteiger partial charge in [-0.05, 0) is 32.1 Å². The minimum Gasteiger partial charge on any atom is -0.381 e. The van der Waals surface area contributed by atoms with Crippen molar-refractivity contribution in [2.75, 3.05) is 26.3 Å². The van der Waals surface area contributed by atoms with Gasteiger partial charge in [0, 0.05) is 31.7 Å². The molecule has 1 aliphatic heterocycles. The van der Waals surface area contributed by atoms with Crippen molar-refractivity contribution < 1.29 is 9.53 Å². The minimum atomic E-state index is -0.250. The third kappa shape index (κ3) is 2.86. The number of hydrogen-bond donors (Lipinski definition) is 1. The highest BCUT2D eigenvalue weighted by molar-refractivity contribution is 5.83. The van der Waals surface area contributed by atoms with Gasteiger partial charge in [0.2, 0.25) is 5.91 Å². The normalized spacial score (nSPS) is 29.4. The Labute approximate surface area is 122 Å². The standard InChI is InChI=1S/C16H28N2O2/c17-12-16(7-2-1-3-8-16)15(19)18(14-4-5-14)10-13-6-9-20-11-13/h13-14H,1-12,17H2. The molecule has 1 amide bonds. The Hall–Kier alpha value is -0.610. The maximum Gasteiger partial charge on any atom is 0.230 e. The molecule has 4 nitrogen and oxygen atoms in total. The number of rotatable bonds is 5. The molecule has 0 radical (unpaired) electrons. The topological polar surface area (TPSA) is 55.6 Å². The SMILES string of the molecule is NCC1(C(=O)N(CC2CCOC2)C2CC2)CCCCC1. The predicted octanol–water partition coefficient (Wildman–Crippen LogP) is 1.92. The van der Waals surface area contributed by atoms with Crippen LogP contribution in [-0.2, 0) is 9.53 Å². The zero-order valence-electron chi connectivity index (χ0n) is 12.5. The molecule has 0 aromatic carbocycles. The summed E-state index contributed by atoms with van der Waals surface area (Å²) in [6.07, 6.45) is 9.03. The van der Waals surface area contributed by atoms with Crippen LogP contribution in [0.4, 0.5) is 0 Å². The molecule has 0 bridgehead atoms. The van der Waals surface area contributed by atoms with Gasteiger partial charge in [-0.15, -0.1) is 0 Å². The van der Waals surface area contributed by atoms with Crippen molar-refractivity contribution >= 4 is 5.91 Å². The van der Waals surface area contributed by atoms with E-state index in [1.54, 1.807) is 0 Å². The van der Waals surface area contributed by atoms with Crippen molar-refractivity contribution in [3.63, 3.8) is 0 Å². The quantitative estimate of drug-likeness (QED) is 0.837. The summed E-state index contributed by atoms with van der Waals surface area (Å²) in [4.78, 5) is 15.3. The molecule has 1 atom stereocenters. The molecule has 0 aromatic heterocycles. The summed E-state index contributed by atoms with van der Waals surface area (Å²) in [6.45, 7) is 3.10. The van der Waals surface area contributed by atoms with E-state index in [1.807, 2.05) is 0 Å². The van der Waals surface area contributed by atoms with Crippen LogP contribution in [0.1, 0.15) is 51.4 Å². The molecule has 1 unspecified atom stereocenters. The van der Waals surface area contributed by atoms with Gasteiger partial charge in [-0.3, -0.25) is 4.79 Å². The van der Waals surface area contributed by atoms with Gasteiger partial charge in [-0.2, -0.15) is 0 Å². The van der Waals surface area contributed by atoms with Gasteiger partial charge >= 0.3 is 0 Å². The predicted molar refractivity (Wildman–Crippen MR) is 78.2 cm³/mol. The van der Waals surface area contributed by atoms with E-state index in [0.29, 0.717) is 24.4 Å². The molecule has 4 heteroatoms. The average molecular weight is 280 g/mol. The summed E-state index contributed by atoms with van der Waals surface area (Å²) >= 11 is 0. The molecule has 3 fully saturated rings. The van der Waals surface area contributed by atoms with Crippen LogP contribution in [0, 0.1) is 11.3 Å². The second-order valence-corrected chi connectivity index (χ2v) is 6.96. The zero-order valence-corrected chi connectivity index (χ0v) is 12.5. The lowest BCUT2D eigenvalue weighted by molar-refractivity contribution is -0.145. The highest BCUT2D eigenvalue weighted by Gasteiger charge is 2.45.